The fraction of sp³-hybridized carbons (Fsp3) is 0.0833. The van der Waals surface area contributed by atoms with Crippen LogP contribution in [0.1, 0.15) is 5.69 Å². The van der Waals surface area contributed by atoms with E-state index < -0.39 is 0 Å². The number of fused-ring (bicyclic) bond motifs is 1. The third-order valence-corrected chi connectivity index (χ3v) is 4.26. The van der Waals surface area contributed by atoms with E-state index in [0.717, 1.165) is 27.6 Å². The molecule has 20 heavy (non-hydrogen) atoms. The molecule has 0 saturated heterocycles. The van der Waals surface area contributed by atoms with Crippen molar-refractivity contribution >= 4 is 67.6 Å². The lowest BCUT2D eigenvalue weighted by atomic mass is 10.2. The number of aromatic nitrogens is 3. The molecule has 8 heteroatoms. The van der Waals surface area contributed by atoms with E-state index in [2.05, 4.69) is 35.0 Å². The Balaban J connectivity index is 1.91. The molecule has 102 valence electrons. The largest absolute Gasteiger partial charge is 0.376 e. The van der Waals surface area contributed by atoms with Crippen LogP contribution < -0.4 is 5.32 Å². The first-order valence-corrected chi connectivity index (χ1v) is 7.87. The molecular weight excluding hydrogens is 383 g/mol. The number of benzene rings is 1. The van der Waals surface area contributed by atoms with Crippen LogP contribution in [0.5, 0.6) is 0 Å². The lowest BCUT2D eigenvalue weighted by molar-refractivity contribution is 1.04. The molecule has 0 saturated carbocycles. The molecule has 0 atom stereocenters. The number of hydrogen-bond acceptors (Lipinski definition) is 5. The van der Waals surface area contributed by atoms with E-state index in [4.69, 9.17) is 23.2 Å². The molecule has 0 fully saturated rings. The molecule has 0 amide bonds. The van der Waals surface area contributed by atoms with Gasteiger partial charge in [-0.1, -0.05) is 23.2 Å². The highest BCUT2D eigenvalue weighted by Gasteiger charge is 2.13. The van der Waals surface area contributed by atoms with Gasteiger partial charge in [-0.05, 0) is 34.1 Å². The molecule has 3 aromatic rings. The van der Waals surface area contributed by atoms with Gasteiger partial charge in [0.15, 0.2) is 0 Å². The summed E-state index contributed by atoms with van der Waals surface area (Å²) in [5.41, 5.74) is 2.97. The van der Waals surface area contributed by atoms with Gasteiger partial charge < -0.3 is 5.32 Å². The summed E-state index contributed by atoms with van der Waals surface area (Å²) in [6.07, 6.45) is 1.75. The predicted octanol–water partition coefficient (Wildman–Crippen LogP) is 4.77. The van der Waals surface area contributed by atoms with E-state index in [9.17, 15) is 0 Å². The Morgan fingerprint density at radius 1 is 1.15 bits per heavy atom. The van der Waals surface area contributed by atoms with Gasteiger partial charge in [-0.3, -0.25) is 4.98 Å². The zero-order chi connectivity index (χ0) is 14.1. The van der Waals surface area contributed by atoms with E-state index in [1.54, 1.807) is 12.3 Å². The summed E-state index contributed by atoms with van der Waals surface area (Å²) in [6.45, 7) is 0.543. The lowest BCUT2D eigenvalue weighted by Crippen LogP contribution is -2.02. The fourth-order valence-electron chi connectivity index (χ4n) is 1.73. The molecule has 2 aromatic heterocycles. The predicted molar refractivity (Wildman–Crippen MR) is 86.7 cm³/mol. The monoisotopic (exact) mass is 388 g/mol. The highest BCUT2D eigenvalue weighted by molar-refractivity contribution is 9.10. The van der Waals surface area contributed by atoms with Crippen molar-refractivity contribution in [3.05, 3.63) is 44.6 Å². The molecule has 0 radical (unpaired) electrons. The highest BCUT2D eigenvalue weighted by atomic mass is 79.9. The van der Waals surface area contributed by atoms with Gasteiger partial charge in [0, 0.05) is 10.7 Å². The summed E-state index contributed by atoms with van der Waals surface area (Å²) < 4.78 is 9.34. The number of hydrogen-bond donors (Lipinski definition) is 1. The molecule has 4 nitrogen and oxygen atoms in total. The number of halogens is 3. The van der Waals surface area contributed by atoms with Crippen LogP contribution in [0.25, 0.3) is 11.0 Å². The van der Waals surface area contributed by atoms with Gasteiger partial charge in [-0.25, -0.2) is 0 Å². The van der Waals surface area contributed by atoms with Crippen molar-refractivity contribution < 1.29 is 0 Å². The molecule has 1 aromatic carbocycles. The minimum atomic E-state index is 0.506. The quantitative estimate of drug-likeness (QED) is 0.700. The normalized spacial score (nSPS) is 10.9. The lowest BCUT2D eigenvalue weighted by Gasteiger charge is -2.09. The van der Waals surface area contributed by atoms with Crippen LogP contribution in [0.2, 0.25) is 10.0 Å². The minimum absolute atomic E-state index is 0.506. The number of nitrogens with one attached hydrogen (secondary N) is 1. The van der Waals surface area contributed by atoms with E-state index >= 15 is 0 Å². The van der Waals surface area contributed by atoms with Crippen molar-refractivity contribution in [3.63, 3.8) is 0 Å². The Hall–Kier alpha value is -0.950. The molecule has 0 spiro atoms. The summed E-state index contributed by atoms with van der Waals surface area (Å²) in [4.78, 5) is 4.30. The fourth-order valence-corrected chi connectivity index (χ4v) is 3.15. The number of rotatable bonds is 3. The zero-order valence-electron chi connectivity index (χ0n) is 9.90. The van der Waals surface area contributed by atoms with E-state index in [1.165, 1.54) is 0 Å². The summed E-state index contributed by atoms with van der Waals surface area (Å²) in [5, 5.41) is 4.27. The van der Waals surface area contributed by atoms with Gasteiger partial charge in [-0.2, -0.15) is 8.75 Å². The Labute approximate surface area is 137 Å². The van der Waals surface area contributed by atoms with Crippen molar-refractivity contribution in [1.29, 1.82) is 0 Å². The van der Waals surface area contributed by atoms with Gasteiger partial charge >= 0.3 is 0 Å². The third-order valence-electron chi connectivity index (χ3n) is 2.68. The molecule has 0 bridgehead atoms. The first-order valence-electron chi connectivity index (χ1n) is 5.59. The molecule has 1 N–H and O–H groups in total. The standard InChI is InChI=1S/C12H7BrCl2N4S/c13-6-1-2-7(16-4-6)5-17-10-8(14)3-9(15)11-12(10)19-20-18-11/h1-4,17H,5H2. The van der Waals surface area contributed by atoms with Gasteiger partial charge in [0.1, 0.15) is 11.0 Å². The van der Waals surface area contributed by atoms with Crippen LogP contribution in [0.15, 0.2) is 28.9 Å². The van der Waals surface area contributed by atoms with E-state index in [-0.39, 0.29) is 0 Å². The van der Waals surface area contributed by atoms with Crippen LogP contribution >= 0.6 is 50.9 Å². The first-order chi connectivity index (χ1) is 9.65. The van der Waals surface area contributed by atoms with E-state index in [1.807, 2.05) is 12.1 Å². The van der Waals surface area contributed by atoms with Gasteiger partial charge in [0.25, 0.3) is 0 Å². The Kier molecular flexibility index (Phi) is 4.07. The van der Waals surface area contributed by atoms with Crippen molar-refractivity contribution in [1.82, 2.24) is 13.7 Å². The molecule has 0 aliphatic rings. The molecule has 0 unspecified atom stereocenters. The van der Waals surface area contributed by atoms with Crippen molar-refractivity contribution in [2.75, 3.05) is 5.32 Å². The summed E-state index contributed by atoms with van der Waals surface area (Å²) >= 11 is 16.8. The maximum atomic E-state index is 6.22. The zero-order valence-corrected chi connectivity index (χ0v) is 13.8. The Morgan fingerprint density at radius 3 is 2.70 bits per heavy atom. The second kappa shape index (κ2) is 5.81. The van der Waals surface area contributed by atoms with Crippen LogP contribution in [0, 0.1) is 0 Å². The van der Waals surface area contributed by atoms with Crippen LogP contribution in [-0.4, -0.2) is 13.7 Å². The molecule has 3 rings (SSSR count). The second-order valence-corrected chi connectivity index (χ2v) is 6.26. The van der Waals surface area contributed by atoms with Crippen molar-refractivity contribution in [2.24, 2.45) is 0 Å². The number of pyridine rings is 1. The smallest absolute Gasteiger partial charge is 0.130 e. The number of anilines is 1. The molecule has 2 heterocycles. The molecule has 0 aliphatic heterocycles. The van der Waals surface area contributed by atoms with Gasteiger partial charge in [0.05, 0.1) is 39.7 Å². The maximum absolute atomic E-state index is 6.22. The topological polar surface area (TPSA) is 50.7 Å². The van der Waals surface area contributed by atoms with Gasteiger partial charge in [-0.15, -0.1) is 0 Å². The third kappa shape index (κ3) is 2.74. The summed E-state index contributed by atoms with van der Waals surface area (Å²) in [5.74, 6) is 0. The Morgan fingerprint density at radius 2 is 1.95 bits per heavy atom. The van der Waals surface area contributed by atoms with E-state index in [0.29, 0.717) is 27.6 Å². The molecular formula is C12H7BrCl2N4S. The van der Waals surface area contributed by atoms with Crippen molar-refractivity contribution in [3.8, 4) is 0 Å². The summed E-state index contributed by atoms with van der Waals surface area (Å²) in [6, 6.07) is 5.54. The maximum Gasteiger partial charge on any atom is 0.130 e. The Bertz CT molecular complexity index is 760. The molecule has 0 aliphatic carbocycles. The first kappa shape index (κ1) is 14.0. The van der Waals surface area contributed by atoms with Crippen LogP contribution in [0.3, 0.4) is 0 Å². The number of nitrogens with zero attached hydrogens (tertiary/aromatic N) is 3. The van der Waals surface area contributed by atoms with Gasteiger partial charge in [0.2, 0.25) is 0 Å². The van der Waals surface area contributed by atoms with Crippen LogP contribution in [0.4, 0.5) is 5.69 Å². The van der Waals surface area contributed by atoms with Crippen LogP contribution in [-0.2, 0) is 6.54 Å². The average Bonchev–Trinajstić information content (AvgIpc) is 2.90. The second-order valence-electron chi connectivity index (χ2n) is 4.00. The van der Waals surface area contributed by atoms with Crippen molar-refractivity contribution in [2.45, 2.75) is 6.54 Å². The SMILES string of the molecule is Clc1cc(Cl)c2nsnc2c1NCc1ccc(Br)cn1. The minimum Gasteiger partial charge on any atom is -0.376 e. The summed E-state index contributed by atoms with van der Waals surface area (Å²) in [7, 11) is 0. The highest BCUT2D eigenvalue weighted by Crippen LogP contribution is 2.35. The average molecular weight is 390 g/mol.